The number of nitrogens with one attached hydrogen (secondary N) is 2. The molecule has 2 aromatic rings. The van der Waals surface area contributed by atoms with Gasteiger partial charge < -0.3 is 5.32 Å². The fourth-order valence-corrected chi connectivity index (χ4v) is 2.22. The number of benzene rings is 1. The van der Waals surface area contributed by atoms with Crippen molar-refractivity contribution in [3.8, 4) is 0 Å². The van der Waals surface area contributed by atoms with Crippen LogP contribution in [0.25, 0.3) is 0 Å². The number of anilines is 3. The minimum atomic E-state index is -3.55. The van der Waals surface area contributed by atoms with Gasteiger partial charge in [0.25, 0.3) is 0 Å². The van der Waals surface area contributed by atoms with Crippen LogP contribution in [0.1, 0.15) is 0 Å². The average molecular weight is 327 g/mol. The highest BCUT2D eigenvalue weighted by atomic mass is 35.5. The lowest BCUT2D eigenvalue weighted by molar-refractivity contribution is 0.526. The summed E-state index contributed by atoms with van der Waals surface area (Å²) in [7, 11) is -0.670. The molecule has 2 rings (SSSR count). The maximum atomic E-state index is 11.7. The molecule has 0 aliphatic heterocycles. The minimum absolute atomic E-state index is 0.244. The summed E-state index contributed by atoms with van der Waals surface area (Å²) < 4.78 is 26.8. The maximum Gasteiger partial charge on any atom is 0.302 e. The van der Waals surface area contributed by atoms with Gasteiger partial charge in [0.05, 0.1) is 22.6 Å². The van der Waals surface area contributed by atoms with Gasteiger partial charge in [-0.05, 0) is 24.3 Å². The smallest absolute Gasteiger partial charge is 0.302 e. The van der Waals surface area contributed by atoms with Gasteiger partial charge in [0.15, 0.2) is 0 Å². The van der Waals surface area contributed by atoms with Gasteiger partial charge in [0.2, 0.25) is 0 Å². The number of hydrogen-bond donors (Lipinski definition) is 2. The van der Waals surface area contributed by atoms with Crippen molar-refractivity contribution in [2.75, 3.05) is 24.1 Å². The molecule has 0 saturated carbocycles. The first-order valence-electron chi connectivity index (χ1n) is 6.06. The molecule has 0 atom stereocenters. The van der Waals surface area contributed by atoms with Gasteiger partial charge in [0.1, 0.15) is 5.82 Å². The first-order chi connectivity index (χ1) is 9.88. The fraction of sp³-hybridized carbons (Fsp3) is 0.154. The third kappa shape index (κ3) is 4.07. The van der Waals surface area contributed by atoms with Gasteiger partial charge in [-0.2, -0.15) is 12.7 Å². The number of hydrogen-bond acceptors (Lipinski definition) is 4. The zero-order valence-corrected chi connectivity index (χ0v) is 13.1. The van der Waals surface area contributed by atoms with Crippen LogP contribution in [-0.2, 0) is 10.2 Å². The second-order valence-electron chi connectivity index (χ2n) is 4.43. The zero-order chi connectivity index (χ0) is 15.5. The first kappa shape index (κ1) is 15.6. The van der Waals surface area contributed by atoms with Gasteiger partial charge in [-0.1, -0.05) is 23.7 Å². The van der Waals surface area contributed by atoms with Crippen molar-refractivity contribution in [3.63, 3.8) is 0 Å². The lowest BCUT2D eigenvalue weighted by Crippen LogP contribution is -2.29. The number of aromatic nitrogens is 1. The van der Waals surface area contributed by atoms with E-state index in [1.807, 2.05) is 18.2 Å². The monoisotopic (exact) mass is 326 g/mol. The molecule has 0 bridgehead atoms. The van der Waals surface area contributed by atoms with E-state index >= 15 is 0 Å². The lowest BCUT2D eigenvalue weighted by Gasteiger charge is -2.13. The van der Waals surface area contributed by atoms with E-state index in [1.54, 1.807) is 18.2 Å². The standard InChI is InChI=1S/C13H15ClN4O2S/c1-18(2)21(19,20)17-13-8-7-10(9-15-13)16-12-6-4-3-5-11(12)14/h3-9,16H,1-2H3,(H,15,17). The van der Waals surface area contributed by atoms with E-state index in [1.165, 1.54) is 20.3 Å². The van der Waals surface area contributed by atoms with E-state index < -0.39 is 10.2 Å². The number of nitrogens with zero attached hydrogens (tertiary/aromatic N) is 2. The maximum absolute atomic E-state index is 11.7. The van der Waals surface area contributed by atoms with Crippen molar-refractivity contribution in [2.24, 2.45) is 0 Å². The van der Waals surface area contributed by atoms with Crippen LogP contribution in [0.5, 0.6) is 0 Å². The van der Waals surface area contributed by atoms with Crippen molar-refractivity contribution in [1.82, 2.24) is 9.29 Å². The minimum Gasteiger partial charge on any atom is -0.353 e. The molecule has 21 heavy (non-hydrogen) atoms. The van der Waals surface area contributed by atoms with E-state index in [4.69, 9.17) is 11.6 Å². The third-order valence-corrected chi connectivity index (χ3v) is 4.39. The Labute approximate surface area is 128 Å². The molecular weight excluding hydrogens is 312 g/mol. The summed E-state index contributed by atoms with van der Waals surface area (Å²) in [5.41, 5.74) is 1.46. The molecule has 0 unspecified atom stereocenters. The molecule has 1 aromatic carbocycles. The summed E-state index contributed by atoms with van der Waals surface area (Å²) in [4.78, 5) is 4.05. The van der Waals surface area contributed by atoms with Crippen molar-refractivity contribution in [2.45, 2.75) is 0 Å². The van der Waals surface area contributed by atoms with Gasteiger partial charge >= 0.3 is 10.2 Å². The van der Waals surface area contributed by atoms with Crippen LogP contribution >= 0.6 is 11.6 Å². The lowest BCUT2D eigenvalue weighted by atomic mass is 10.3. The Hall–Kier alpha value is -1.83. The van der Waals surface area contributed by atoms with Crippen molar-refractivity contribution < 1.29 is 8.42 Å². The molecule has 0 radical (unpaired) electrons. The van der Waals surface area contributed by atoms with Crippen molar-refractivity contribution >= 4 is 39.0 Å². The van der Waals surface area contributed by atoms with Crippen LogP contribution in [0, 0.1) is 0 Å². The molecule has 1 aromatic heterocycles. The molecule has 0 spiro atoms. The molecule has 112 valence electrons. The predicted molar refractivity (Wildman–Crippen MR) is 85.2 cm³/mol. The molecule has 1 heterocycles. The second kappa shape index (κ2) is 6.30. The topological polar surface area (TPSA) is 74.3 Å². The Morgan fingerprint density at radius 1 is 1.14 bits per heavy atom. The molecule has 8 heteroatoms. The summed E-state index contributed by atoms with van der Waals surface area (Å²) >= 11 is 6.05. The highest BCUT2D eigenvalue weighted by Crippen LogP contribution is 2.24. The van der Waals surface area contributed by atoms with Crippen LogP contribution in [-0.4, -0.2) is 31.8 Å². The Bertz CT molecular complexity index is 717. The summed E-state index contributed by atoms with van der Waals surface area (Å²) in [6, 6.07) is 10.6. The van der Waals surface area contributed by atoms with Gasteiger partial charge in [0, 0.05) is 14.1 Å². The van der Waals surface area contributed by atoms with E-state index in [2.05, 4.69) is 15.0 Å². The van der Waals surface area contributed by atoms with Crippen LogP contribution in [0.2, 0.25) is 5.02 Å². The molecule has 2 N–H and O–H groups in total. The van der Waals surface area contributed by atoms with Crippen LogP contribution in [0.3, 0.4) is 0 Å². The molecule has 0 fully saturated rings. The number of pyridine rings is 1. The Kier molecular flexibility index (Phi) is 4.66. The third-order valence-electron chi connectivity index (χ3n) is 2.63. The Morgan fingerprint density at radius 2 is 1.86 bits per heavy atom. The SMILES string of the molecule is CN(C)S(=O)(=O)Nc1ccc(Nc2ccccc2Cl)cn1. The second-order valence-corrected chi connectivity index (χ2v) is 6.72. The summed E-state index contributed by atoms with van der Waals surface area (Å²) in [6.45, 7) is 0. The van der Waals surface area contributed by atoms with Gasteiger partial charge in [-0.25, -0.2) is 4.98 Å². The fourth-order valence-electron chi connectivity index (χ4n) is 1.47. The highest BCUT2D eigenvalue weighted by Gasteiger charge is 2.13. The van der Waals surface area contributed by atoms with Gasteiger partial charge in [-0.3, -0.25) is 4.72 Å². The zero-order valence-electron chi connectivity index (χ0n) is 11.5. The summed E-state index contributed by atoms with van der Waals surface area (Å²) in [5.74, 6) is 0.244. The van der Waals surface area contributed by atoms with E-state index in [-0.39, 0.29) is 5.82 Å². The van der Waals surface area contributed by atoms with E-state index in [0.29, 0.717) is 10.7 Å². The summed E-state index contributed by atoms with van der Waals surface area (Å²) in [6.07, 6.45) is 1.52. The van der Waals surface area contributed by atoms with E-state index in [0.717, 1.165) is 9.99 Å². The molecular formula is C13H15ClN4O2S. The largest absolute Gasteiger partial charge is 0.353 e. The molecule has 0 aliphatic rings. The number of rotatable bonds is 5. The summed E-state index contributed by atoms with van der Waals surface area (Å²) in [5, 5.41) is 3.70. The molecule has 6 nitrogen and oxygen atoms in total. The molecule has 0 aliphatic carbocycles. The Balaban J connectivity index is 2.11. The number of halogens is 1. The normalized spacial score (nSPS) is 11.4. The highest BCUT2D eigenvalue weighted by molar-refractivity contribution is 7.90. The predicted octanol–water partition coefficient (Wildman–Crippen LogP) is 2.70. The number of para-hydroxylation sites is 1. The average Bonchev–Trinajstić information content (AvgIpc) is 2.43. The van der Waals surface area contributed by atoms with Crippen LogP contribution in [0.15, 0.2) is 42.6 Å². The Morgan fingerprint density at radius 3 is 2.43 bits per heavy atom. The molecule has 0 saturated heterocycles. The van der Waals surface area contributed by atoms with Crippen molar-refractivity contribution in [3.05, 3.63) is 47.6 Å². The van der Waals surface area contributed by atoms with Crippen LogP contribution < -0.4 is 10.0 Å². The first-order valence-corrected chi connectivity index (χ1v) is 7.88. The van der Waals surface area contributed by atoms with E-state index in [9.17, 15) is 8.42 Å². The van der Waals surface area contributed by atoms with Crippen molar-refractivity contribution in [1.29, 1.82) is 0 Å². The van der Waals surface area contributed by atoms with Crippen LogP contribution in [0.4, 0.5) is 17.2 Å². The van der Waals surface area contributed by atoms with Gasteiger partial charge in [-0.15, -0.1) is 0 Å². The molecule has 0 amide bonds. The quantitative estimate of drug-likeness (QED) is 0.886.